The Morgan fingerprint density at radius 1 is 0.963 bits per heavy atom. The van der Waals surface area contributed by atoms with Gasteiger partial charge in [-0.1, -0.05) is 12.1 Å². The van der Waals surface area contributed by atoms with Crippen LogP contribution in [0, 0.1) is 11.6 Å². The number of halogens is 2. The number of rotatable bonds is 4. The summed E-state index contributed by atoms with van der Waals surface area (Å²) in [6, 6.07) is 11.3. The Balaban J connectivity index is 1.75. The Kier molecular flexibility index (Phi) is 4.77. The van der Waals surface area contributed by atoms with E-state index in [2.05, 4.69) is 19.8 Å². The summed E-state index contributed by atoms with van der Waals surface area (Å²) in [6.07, 6.45) is 0.914. The standard InChI is InChI=1S/C20H18F2N4O/c21-16-6-5-14(13-17(16)22)19-23-18-4-2-1-3-15(18)20(24-19)26-9-7-25(8-10-26)11-12-27/h1-6,12-13H,7-11H2. The van der Waals surface area contributed by atoms with E-state index in [1.54, 1.807) is 0 Å². The third kappa shape index (κ3) is 3.50. The number of aldehydes is 1. The molecule has 0 saturated carbocycles. The fourth-order valence-electron chi connectivity index (χ4n) is 3.31. The summed E-state index contributed by atoms with van der Waals surface area (Å²) in [5.41, 5.74) is 1.18. The van der Waals surface area contributed by atoms with E-state index in [1.165, 1.54) is 6.07 Å². The second kappa shape index (κ2) is 7.36. The van der Waals surface area contributed by atoms with E-state index < -0.39 is 11.6 Å². The third-order valence-electron chi connectivity index (χ3n) is 4.77. The molecule has 4 rings (SSSR count). The van der Waals surface area contributed by atoms with E-state index in [9.17, 15) is 13.6 Å². The van der Waals surface area contributed by atoms with Crippen LogP contribution in [0.5, 0.6) is 0 Å². The van der Waals surface area contributed by atoms with Crippen LogP contribution >= 0.6 is 0 Å². The Morgan fingerprint density at radius 2 is 1.74 bits per heavy atom. The third-order valence-corrected chi connectivity index (χ3v) is 4.77. The van der Waals surface area contributed by atoms with Gasteiger partial charge in [-0.3, -0.25) is 4.90 Å². The van der Waals surface area contributed by atoms with Gasteiger partial charge in [-0.2, -0.15) is 0 Å². The lowest BCUT2D eigenvalue weighted by atomic mass is 10.1. The molecule has 2 aromatic carbocycles. The molecule has 5 nitrogen and oxygen atoms in total. The van der Waals surface area contributed by atoms with E-state index in [0.29, 0.717) is 17.9 Å². The molecule has 0 unspecified atom stereocenters. The number of nitrogens with zero attached hydrogens (tertiary/aromatic N) is 4. The first-order chi connectivity index (χ1) is 13.2. The van der Waals surface area contributed by atoms with Gasteiger partial charge < -0.3 is 9.69 Å². The molecular formula is C20H18F2N4O. The van der Waals surface area contributed by atoms with Crippen molar-refractivity contribution < 1.29 is 13.6 Å². The fourth-order valence-corrected chi connectivity index (χ4v) is 3.31. The number of anilines is 1. The van der Waals surface area contributed by atoms with Crippen LogP contribution in [0.2, 0.25) is 0 Å². The molecule has 1 saturated heterocycles. The first-order valence-electron chi connectivity index (χ1n) is 8.79. The van der Waals surface area contributed by atoms with Crippen LogP contribution in [0.1, 0.15) is 0 Å². The second-order valence-corrected chi connectivity index (χ2v) is 6.47. The van der Waals surface area contributed by atoms with Gasteiger partial charge in [-0.15, -0.1) is 0 Å². The lowest BCUT2D eigenvalue weighted by Crippen LogP contribution is -2.47. The maximum absolute atomic E-state index is 13.7. The predicted octanol–water partition coefficient (Wildman–Crippen LogP) is 2.90. The first-order valence-corrected chi connectivity index (χ1v) is 8.79. The zero-order chi connectivity index (χ0) is 18.8. The predicted molar refractivity (Wildman–Crippen MR) is 99.6 cm³/mol. The summed E-state index contributed by atoms with van der Waals surface area (Å²) in [6.45, 7) is 3.41. The zero-order valence-corrected chi connectivity index (χ0v) is 14.6. The van der Waals surface area contributed by atoms with Gasteiger partial charge in [0.15, 0.2) is 17.5 Å². The number of hydrogen-bond donors (Lipinski definition) is 0. The van der Waals surface area contributed by atoms with Crippen LogP contribution in [-0.4, -0.2) is 53.9 Å². The molecule has 0 aliphatic carbocycles. The molecule has 0 N–H and O–H groups in total. The number of carbonyl (C=O) groups is 1. The van der Waals surface area contributed by atoms with Crippen molar-refractivity contribution in [1.29, 1.82) is 0 Å². The molecule has 3 aromatic rings. The van der Waals surface area contributed by atoms with Crippen molar-refractivity contribution in [3.8, 4) is 11.4 Å². The summed E-state index contributed by atoms with van der Waals surface area (Å²) in [4.78, 5) is 24.2. The molecule has 1 aliphatic heterocycles. The van der Waals surface area contributed by atoms with E-state index >= 15 is 0 Å². The van der Waals surface area contributed by atoms with E-state index in [4.69, 9.17) is 0 Å². The molecule has 0 spiro atoms. The molecule has 2 heterocycles. The van der Waals surface area contributed by atoms with Crippen LogP contribution in [0.4, 0.5) is 14.6 Å². The highest BCUT2D eigenvalue weighted by Gasteiger charge is 2.21. The Morgan fingerprint density at radius 3 is 2.48 bits per heavy atom. The van der Waals surface area contributed by atoms with Crippen molar-refractivity contribution >= 4 is 23.0 Å². The molecule has 0 atom stereocenters. The number of benzene rings is 2. The summed E-state index contributed by atoms with van der Waals surface area (Å²) in [5, 5.41) is 0.910. The molecule has 0 bridgehead atoms. The minimum absolute atomic E-state index is 0.359. The van der Waals surface area contributed by atoms with Gasteiger partial charge in [-0.05, 0) is 30.3 Å². The van der Waals surface area contributed by atoms with Gasteiger partial charge in [0, 0.05) is 37.1 Å². The molecule has 0 amide bonds. The van der Waals surface area contributed by atoms with E-state index in [-0.39, 0.29) is 0 Å². The van der Waals surface area contributed by atoms with Crippen molar-refractivity contribution in [1.82, 2.24) is 14.9 Å². The topological polar surface area (TPSA) is 49.3 Å². The van der Waals surface area contributed by atoms with Gasteiger partial charge in [-0.25, -0.2) is 18.7 Å². The van der Waals surface area contributed by atoms with Crippen LogP contribution in [0.25, 0.3) is 22.3 Å². The van der Waals surface area contributed by atoms with Crippen molar-refractivity contribution in [2.45, 2.75) is 0 Å². The SMILES string of the molecule is O=CCN1CCN(c2nc(-c3ccc(F)c(F)c3)nc3ccccc23)CC1. The maximum atomic E-state index is 13.7. The maximum Gasteiger partial charge on any atom is 0.162 e. The summed E-state index contributed by atoms with van der Waals surface area (Å²) in [5.74, 6) is -0.691. The average Bonchev–Trinajstić information content (AvgIpc) is 2.70. The minimum atomic E-state index is -0.923. The quantitative estimate of drug-likeness (QED) is 0.663. The number of aromatic nitrogens is 2. The molecule has 27 heavy (non-hydrogen) atoms. The molecule has 7 heteroatoms. The highest BCUT2D eigenvalue weighted by molar-refractivity contribution is 5.91. The normalized spacial score (nSPS) is 15.3. The number of fused-ring (bicyclic) bond motifs is 1. The average molecular weight is 368 g/mol. The van der Waals surface area contributed by atoms with Crippen LogP contribution in [0.3, 0.4) is 0 Å². The van der Waals surface area contributed by atoms with E-state index in [0.717, 1.165) is 61.3 Å². The highest BCUT2D eigenvalue weighted by atomic mass is 19.2. The molecule has 1 fully saturated rings. The van der Waals surface area contributed by atoms with Gasteiger partial charge in [0.1, 0.15) is 12.1 Å². The Labute approximate surface area is 155 Å². The van der Waals surface area contributed by atoms with Crippen LogP contribution in [0.15, 0.2) is 42.5 Å². The molecule has 1 aromatic heterocycles. The molecule has 0 radical (unpaired) electrons. The van der Waals surface area contributed by atoms with Crippen LogP contribution < -0.4 is 4.90 Å². The second-order valence-electron chi connectivity index (χ2n) is 6.47. The smallest absolute Gasteiger partial charge is 0.162 e. The van der Waals surface area contributed by atoms with Crippen LogP contribution in [-0.2, 0) is 4.79 Å². The number of carbonyl (C=O) groups excluding carboxylic acids is 1. The Bertz CT molecular complexity index is 987. The highest BCUT2D eigenvalue weighted by Crippen LogP contribution is 2.28. The summed E-state index contributed by atoms with van der Waals surface area (Å²) in [7, 11) is 0. The first kappa shape index (κ1) is 17.5. The van der Waals surface area contributed by atoms with Crippen molar-refractivity contribution in [3.63, 3.8) is 0 Å². The Hall–Kier alpha value is -2.93. The van der Waals surface area contributed by atoms with Crippen molar-refractivity contribution in [2.75, 3.05) is 37.6 Å². The monoisotopic (exact) mass is 368 g/mol. The van der Waals surface area contributed by atoms with Gasteiger partial charge >= 0.3 is 0 Å². The number of para-hydroxylation sites is 1. The molecule has 1 aliphatic rings. The lowest BCUT2D eigenvalue weighted by Gasteiger charge is -2.35. The van der Waals surface area contributed by atoms with Gasteiger partial charge in [0.25, 0.3) is 0 Å². The number of hydrogen-bond acceptors (Lipinski definition) is 5. The van der Waals surface area contributed by atoms with Crippen molar-refractivity contribution in [3.05, 3.63) is 54.1 Å². The molecule has 138 valence electrons. The van der Waals surface area contributed by atoms with Gasteiger partial charge in [0.05, 0.1) is 12.1 Å². The van der Waals surface area contributed by atoms with Crippen molar-refractivity contribution in [2.24, 2.45) is 0 Å². The lowest BCUT2D eigenvalue weighted by molar-refractivity contribution is -0.108. The number of piperazine rings is 1. The van der Waals surface area contributed by atoms with Gasteiger partial charge in [0.2, 0.25) is 0 Å². The fraction of sp³-hybridized carbons (Fsp3) is 0.250. The summed E-state index contributed by atoms with van der Waals surface area (Å²) >= 11 is 0. The summed E-state index contributed by atoms with van der Waals surface area (Å²) < 4.78 is 27.0. The largest absolute Gasteiger partial charge is 0.353 e. The van der Waals surface area contributed by atoms with E-state index in [1.807, 2.05) is 24.3 Å². The zero-order valence-electron chi connectivity index (χ0n) is 14.6. The molecular weight excluding hydrogens is 350 g/mol. The minimum Gasteiger partial charge on any atom is -0.353 e.